The number of anilines is 3. The fourth-order valence-corrected chi connectivity index (χ4v) is 12.6. The Labute approximate surface area is 401 Å². The number of benzene rings is 2. The average molecular weight is 939 g/mol. The monoisotopic (exact) mass is 938 g/mol. The molecule has 6 aliphatic heterocycles. The smallest absolute Gasteiger partial charge is 0.261 e. The molecule has 1 aliphatic carbocycles. The van der Waals surface area contributed by atoms with Crippen LogP contribution in [-0.4, -0.2) is 153 Å². The Morgan fingerprint density at radius 1 is 0.957 bits per heavy atom. The van der Waals surface area contributed by atoms with Gasteiger partial charge >= 0.3 is 0 Å². The van der Waals surface area contributed by atoms with Gasteiger partial charge in [-0.2, -0.15) is 10.2 Å². The van der Waals surface area contributed by atoms with Gasteiger partial charge in [0.15, 0.2) is 5.65 Å². The quantitative estimate of drug-likeness (QED) is 0.180. The summed E-state index contributed by atoms with van der Waals surface area (Å²) in [5, 5.41) is 16.0. The van der Waals surface area contributed by atoms with Crippen LogP contribution < -0.4 is 20.4 Å². The first-order valence-corrected chi connectivity index (χ1v) is 25.2. The van der Waals surface area contributed by atoms with Gasteiger partial charge in [-0.25, -0.2) is 9.50 Å². The number of aryl methyl sites for hydroxylation is 1. The summed E-state index contributed by atoms with van der Waals surface area (Å²) in [6, 6.07) is 13.3. The van der Waals surface area contributed by atoms with Crippen molar-refractivity contribution >= 4 is 57.4 Å². The van der Waals surface area contributed by atoms with Gasteiger partial charge in [-0.1, -0.05) is 18.2 Å². The number of morpholine rings is 2. The number of fused-ring (bicyclic) bond motifs is 5. The molecule has 0 radical (unpaired) electrons. The average Bonchev–Trinajstić information content (AvgIpc) is 4.22. The molecule has 1 saturated carbocycles. The highest BCUT2D eigenvalue weighted by atomic mass is 16.5. The first kappa shape index (κ1) is 44.3. The fourth-order valence-electron chi connectivity index (χ4n) is 12.6. The van der Waals surface area contributed by atoms with Crippen molar-refractivity contribution in [2.75, 3.05) is 81.3 Å². The number of imide groups is 1. The number of carbonyl (C=O) groups excluding carboxylic acids is 4. The minimum absolute atomic E-state index is 0.0828. The predicted molar refractivity (Wildman–Crippen MR) is 258 cm³/mol. The van der Waals surface area contributed by atoms with Crippen molar-refractivity contribution in [3.8, 4) is 0 Å². The van der Waals surface area contributed by atoms with Gasteiger partial charge in [0.25, 0.3) is 11.8 Å². The van der Waals surface area contributed by atoms with E-state index in [2.05, 4.69) is 65.5 Å². The molecule has 3 atom stereocenters. The zero-order valence-corrected chi connectivity index (χ0v) is 39.6. The van der Waals surface area contributed by atoms with Crippen molar-refractivity contribution in [1.29, 1.82) is 0 Å². The van der Waals surface area contributed by atoms with Crippen molar-refractivity contribution in [3.63, 3.8) is 0 Å². The van der Waals surface area contributed by atoms with Gasteiger partial charge in [-0.3, -0.25) is 34.1 Å². The molecular weight excluding hydrogens is 877 g/mol. The Morgan fingerprint density at radius 2 is 1.78 bits per heavy atom. The Balaban J connectivity index is 0.663. The molecule has 6 fully saturated rings. The lowest BCUT2D eigenvalue weighted by Crippen LogP contribution is -2.45. The van der Waals surface area contributed by atoms with Gasteiger partial charge in [0, 0.05) is 82.0 Å². The highest BCUT2D eigenvalue weighted by molar-refractivity contribution is 6.10. The second kappa shape index (κ2) is 18.1. The summed E-state index contributed by atoms with van der Waals surface area (Å²) >= 11 is 0. The molecule has 0 spiro atoms. The second-order valence-electron chi connectivity index (χ2n) is 20.6. The molecular formula is C51H62N12O6. The third-order valence-electron chi connectivity index (χ3n) is 16.4. The summed E-state index contributed by atoms with van der Waals surface area (Å²) in [6.07, 6.45) is 11.9. The lowest BCUT2D eigenvalue weighted by atomic mass is 9.84. The van der Waals surface area contributed by atoms with Crippen LogP contribution in [0.25, 0.3) is 16.6 Å². The van der Waals surface area contributed by atoms with E-state index in [0.29, 0.717) is 87.2 Å². The van der Waals surface area contributed by atoms with Crippen LogP contribution in [0.5, 0.6) is 0 Å². The number of carbonyl (C=O) groups is 4. The molecule has 362 valence electrons. The minimum atomic E-state index is -0.413. The molecule has 9 heterocycles. The minimum Gasteiger partial charge on any atom is -0.378 e. The molecule has 12 rings (SSSR count). The number of rotatable bonds is 11. The third-order valence-corrected chi connectivity index (χ3v) is 16.4. The van der Waals surface area contributed by atoms with E-state index < -0.39 is 5.92 Å². The maximum absolute atomic E-state index is 14.3. The van der Waals surface area contributed by atoms with Gasteiger partial charge in [0.1, 0.15) is 11.4 Å². The zero-order chi connectivity index (χ0) is 46.9. The summed E-state index contributed by atoms with van der Waals surface area (Å²) in [5.74, 6) is 0.333. The summed E-state index contributed by atoms with van der Waals surface area (Å²) < 4.78 is 15.1. The van der Waals surface area contributed by atoms with Crippen LogP contribution in [0, 0.1) is 5.92 Å². The number of ether oxygens (including phenoxy) is 2. The van der Waals surface area contributed by atoms with Crippen LogP contribution in [0.15, 0.2) is 48.8 Å². The van der Waals surface area contributed by atoms with E-state index >= 15 is 0 Å². The van der Waals surface area contributed by atoms with Crippen LogP contribution in [-0.2, 0) is 39.2 Å². The highest BCUT2D eigenvalue weighted by Gasteiger charge is 2.41. The maximum atomic E-state index is 14.3. The number of para-hydroxylation sites is 1. The van der Waals surface area contributed by atoms with Crippen LogP contribution in [0.4, 0.5) is 17.2 Å². The Morgan fingerprint density at radius 3 is 2.55 bits per heavy atom. The van der Waals surface area contributed by atoms with Crippen LogP contribution in [0.1, 0.15) is 101 Å². The summed E-state index contributed by atoms with van der Waals surface area (Å²) in [5.41, 5.74) is 7.12. The van der Waals surface area contributed by atoms with Crippen LogP contribution >= 0.6 is 0 Å². The van der Waals surface area contributed by atoms with E-state index in [1.54, 1.807) is 10.7 Å². The SMILES string of the molecule is CN(C[C@H]1CC[C@H](N2Cc3cc(NC(=O)c4cnn5ccc(N6C[C@H]7C[C@@H]6CO7)nc45)c(N4CCOCC4)cc3C2=O)CC1)C1CCN(Cc2cccc3c(C4CCC(=O)NC4=O)nn(C)c23)CC1. The topological polar surface area (TPSA) is 175 Å². The van der Waals surface area contributed by atoms with E-state index in [-0.39, 0.29) is 35.8 Å². The van der Waals surface area contributed by atoms with Crippen molar-refractivity contribution in [2.24, 2.45) is 13.0 Å². The maximum Gasteiger partial charge on any atom is 0.261 e. The largest absolute Gasteiger partial charge is 0.378 e. The number of nitrogens with zero attached hydrogens (tertiary/aromatic N) is 10. The molecule has 5 saturated heterocycles. The van der Waals surface area contributed by atoms with Gasteiger partial charge in [0.05, 0.1) is 66.7 Å². The van der Waals surface area contributed by atoms with Gasteiger partial charge in [0.2, 0.25) is 11.8 Å². The number of hydrogen-bond acceptors (Lipinski definition) is 13. The normalized spacial score (nSPS) is 25.7. The van der Waals surface area contributed by atoms with Gasteiger partial charge in [-0.05, 0) is 107 Å². The molecule has 3 aromatic heterocycles. The molecule has 2 bridgehead atoms. The van der Waals surface area contributed by atoms with Gasteiger partial charge in [-0.15, -0.1) is 0 Å². The van der Waals surface area contributed by atoms with Crippen molar-refractivity contribution in [3.05, 3.63) is 76.7 Å². The third kappa shape index (κ3) is 8.31. The number of amides is 4. The lowest BCUT2D eigenvalue weighted by Gasteiger charge is -2.40. The number of aromatic nitrogens is 5. The summed E-state index contributed by atoms with van der Waals surface area (Å²) in [4.78, 5) is 69.7. The first-order chi connectivity index (χ1) is 33.6. The number of hydrogen-bond donors (Lipinski definition) is 2. The molecule has 4 amide bonds. The Hall–Kier alpha value is -5.95. The molecule has 2 aromatic carbocycles. The van der Waals surface area contributed by atoms with Crippen molar-refractivity contribution in [2.45, 2.75) is 101 Å². The lowest BCUT2D eigenvalue weighted by molar-refractivity contribution is -0.134. The first-order valence-electron chi connectivity index (χ1n) is 25.2. The number of piperidine rings is 2. The van der Waals surface area contributed by atoms with E-state index in [1.165, 1.54) is 5.56 Å². The van der Waals surface area contributed by atoms with E-state index in [9.17, 15) is 19.2 Å². The second-order valence-corrected chi connectivity index (χ2v) is 20.6. The van der Waals surface area contributed by atoms with Crippen molar-refractivity contribution in [1.82, 2.24) is 44.4 Å². The molecule has 69 heavy (non-hydrogen) atoms. The Bertz CT molecular complexity index is 2820. The Kier molecular flexibility index (Phi) is 11.6. The zero-order valence-electron chi connectivity index (χ0n) is 39.6. The van der Waals surface area contributed by atoms with Crippen LogP contribution in [0.3, 0.4) is 0 Å². The number of likely N-dealkylation sites (tertiary alicyclic amines) is 1. The molecule has 1 unspecified atom stereocenters. The molecule has 7 aliphatic rings. The summed E-state index contributed by atoms with van der Waals surface area (Å²) in [6.45, 7) is 8.44. The number of nitrogens with one attached hydrogen (secondary N) is 2. The predicted octanol–water partition coefficient (Wildman–Crippen LogP) is 4.31. The molecule has 18 heteroatoms. The van der Waals surface area contributed by atoms with Crippen LogP contribution in [0.2, 0.25) is 0 Å². The molecule has 18 nitrogen and oxygen atoms in total. The standard InChI is InChI=1S/C51H62N12O6/c1-57(34-12-15-59(16-13-34)27-32-4-3-5-38-46(56-58(2)47(32)38)39-10-11-45(64)55-49(39)65)26-31-6-8-35(9-7-31)62-28-33-22-42(43(24-40(33)51(62)67)60-18-20-68-21-19-60)53-50(66)41-25-52-63-17-14-44(54-48(41)63)61-29-37-23-36(61)30-69-37/h3-5,14,17,22,24-25,31,34-37,39H,6-13,15-16,18-21,23,26-30H2,1-2H3,(H,53,66)(H,55,64,65)/t31-,35-,36-,37-,39?/m1/s1. The van der Waals surface area contributed by atoms with E-state index in [1.807, 2.05) is 36.1 Å². The van der Waals surface area contributed by atoms with E-state index in [0.717, 1.165) is 117 Å². The van der Waals surface area contributed by atoms with E-state index in [4.69, 9.17) is 19.6 Å². The van der Waals surface area contributed by atoms with Crippen molar-refractivity contribution < 1.29 is 28.7 Å². The molecule has 5 aromatic rings. The summed E-state index contributed by atoms with van der Waals surface area (Å²) in [7, 11) is 4.24. The molecule has 2 N–H and O–H groups in total. The fraction of sp³-hybridized carbons (Fsp3) is 0.549. The highest BCUT2D eigenvalue weighted by Crippen LogP contribution is 2.40. The van der Waals surface area contributed by atoms with Gasteiger partial charge < -0.3 is 34.4 Å².